The molecule has 2 rings (SSSR count). The Morgan fingerprint density at radius 3 is 3.08 bits per heavy atom. The molecule has 1 aliphatic rings. The lowest BCUT2D eigenvalue weighted by Gasteiger charge is -2.07. The van der Waals surface area contributed by atoms with E-state index in [4.69, 9.17) is 4.55 Å². The van der Waals surface area contributed by atoms with E-state index in [1.165, 1.54) is 11.3 Å². The molecular formula is C7H7NO3S2. The second-order valence-corrected chi connectivity index (χ2v) is 5.28. The van der Waals surface area contributed by atoms with Gasteiger partial charge in [0.25, 0.3) is 10.1 Å². The molecule has 0 spiro atoms. The highest BCUT2D eigenvalue weighted by molar-refractivity contribution is 7.86. The standard InChI is InChI=1S/C7H7NO3S2/c9-13(10,11)5-1-2-6-7(3-5)12-4-8-6/h2-5H,1H2,(H,9,10,11). The van der Waals surface area contributed by atoms with Gasteiger partial charge in [-0.05, 0) is 12.5 Å². The first kappa shape index (κ1) is 8.86. The molecule has 1 aliphatic carbocycles. The lowest BCUT2D eigenvalue weighted by Crippen LogP contribution is -2.31. The summed E-state index contributed by atoms with van der Waals surface area (Å²) in [5.74, 6) is 0. The molecule has 0 bridgehead atoms. The van der Waals surface area contributed by atoms with Crippen molar-refractivity contribution in [3.8, 4) is 0 Å². The van der Waals surface area contributed by atoms with Crippen LogP contribution in [0.3, 0.4) is 0 Å². The molecule has 1 N–H and O–H groups in total. The number of thiazole rings is 1. The maximum atomic E-state index is 10.8. The van der Waals surface area contributed by atoms with Crippen LogP contribution < -0.4 is 9.88 Å². The van der Waals surface area contributed by atoms with Crippen LogP contribution in [0.4, 0.5) is 0 Å². The summed E-state index contributed by atoms with van der Waals surface area (Å²) >= 11 is 1.37. The average molecular weight is 217 g/mol. The number of fused-ring (bicyclic) bond motifs is 1. The topological polar surface area (TPSA) is 67.3 Å². The van der Waals surface area contributed by atoms with Crippen molar-refractivity contribution in [1.82, 2.24) is 4.98 Å². The Morgan fingerprint density at radius 1 is 1.62 bits per heavy atom. The third kappa shape index (κ3) is 1.65. The molecule has 0 fully saturated rings. The van der Waals surface area contributed by atoms with Crippen LogP contribution in [0.1, 0.15) is 6.42 Å². The fourth-order valence-corrected chi connectivity index (χ4v) is 2.73. The minimum Gasteiger partial charge on any atom is -0.285 e. The minimum atomic E-state index is -3.95. The van der Waals surface area contributed by atoms with E-state index in [-0.39, 0.29) is 0 Å². The van der Waals surface area contributed by atoms with Gasteiger partial charge in [-0.15, -0.1) is 11.3 Å². The van der Waals surface area contributed by atoms with Gasteiger partial charge in [0.2, 0.25) is 0 Å². The molecular weight excluding hydrogens is 210 g/mol. The summed E-state index contributed by atoms with van der Waals surface area (Å²) in [6.45, 7) is 0. The Hall–Kier alpha value is -0.720. The Bertz CT molecular complexity index is 528. The zero-order valence-electron chi connectivity index (χ0n) is 6.54. The number of hydrogen-bond acceptors (Lipinski definition) is 4. The van der Waals surface area contributed by atoms with Gasteiger partial charge in [0.15, 0.2) is 0 Å². The fraction of sp³-hybridized carbons (Fsp3) is 0.286. The highest BCUT2D eigenvalue weighted by atomic mass is 32.2. The minimum absolute atomic E-state index is 0.301. The highest BCUT2D eigenvalue weighted by Crippen LogP contribution is 2.08. The van der Waals surface area contributed by atoms with Gasteiger partial charge in [-0.3, -0.25) is 4.55 Å². The molecule has 0 aliphatic heterocycles. The number of aromatic nitrogens is 1. The lowest BCUT2D eigenvalue weighted by molar-refractivity contribution is 0.477. The Kier molecular flexibility index (Phi) is 1.98. The van der Waals surface area contributed by atoms with Gasteiger partial charge in [0, 0.05) is 0 Å². The van der Waals surface area contributed by atoms with Crippen LogP contribution in [-0.4, -0.2) is 23.2 Å². The van der Waals surface area contributed by atoms with E-state index in [2.05, 4.69) is 4.98 Å². The van der Waals surface area contributed by atoms with Crippen LogP contribution in [0.2, 0.25) is 0 Å². The first-order valence-corrected chi connectivity index (χ1v) is 6.03. The number of rotatable bonds is 1. The van der Waals surface area contributed by atoms with E-state index >= 15 is 0 Å². The molecule has 6 heteroatoms. The number of nitrogens with zero attached hydrogens (tertiary/aromatic N) is 1. The largest absolute Gasteiger partial charge is 0.285 e. The maximum Gasteiger partial charge on any atom is 0.271 e. The average Bonchev–Trinajstić information content (AvgIpc) is 2.47. The van der Waals surface area contributed by atoms with Gasteiger partial charge in [-0.25, -0.2) is 4.98 Å². The zero-order valence-corrected chi connectivity index (χ0v) is 8.18. The molecule has 1 aromatic heterocycles. The molecule has 4 nitrogen and oxygen atoms in total. The Balaban J connectivity index is 2.57. The first-order chi connectivity index (χ1) is 6.07. The number of hydrogen-bond donors (Lipinski definition) is 1. The lowest BCUT2D eigenvalue weighted by atomic mass is 10.2. The Morgan fingerprint density at radius 2 is 2.38 bits per heavy atom. The van der Waals surface area contributed by atoms with Gasteiger partial charge in [0.05, 0.1) is 15.4 Å². The molecule has 1 unspecified atom stereocenters. The predicted octanol–water partition coefficient (Wildman–Crippen LogP) is -0.636. The van der Waals surface area contributed by atoms with Crippen LogP contribution >= 0.6 is 11.3 Å². The monoisotopic (exact) mass is 217 g/mol. The second-order valence-electron chi connectivity index (χ2n) is 2.76. The molecule has 0 aromatic carbocycles. The molecule has 13 heavy (non-hydrogen) atoms. The normalized spacial score (nSPS) is 21.5. The molecule has 0 saturated heterocycles. The van der Waals surface area contributed by atoms with Crippen LogP contribution in [0.25, 0.3) is 12.2 Å². The smallest absolute Gasteiger partial charge is 0.271 e. The zero-order chi connectivity index (χ0) is 9.47. The van der Waals surface area contributed by atoms with Gasteiger partial charge >= 0.3 is 0 Å². The molecule has 1 aromatic rings. The molecule has 0 saturated carbocycles. The summed E-state index contributed by atoms with van der Waals surface area (Å²) in [4.78, 5) is 4.03. The molecule has 70 valence electrons. The predicted molar refractivity (Wildman–Crippen MR) is 50.2 cm³/mol. The van der Waals surface area contributed by atoms with E-state index < -0.39 is 15.4 Å². The molecule has 0 radical (unpaired) electrons. The maximum absolute atomic E-state index is 10.8. The van der Waals surface area contributed by atoms with Crippen molar-refractivity contribution < 1.29 is 13.0 Å². The Labute approximate surface area is 79.0 Å². The van der Waals surface area contributed by atoms with Gasteiger partial charge < -0.3 is 0 Å². The van der Waals surface area contributed by atoms with Crippen molar-refractivity contribution in [2.45, 2.75) is 11.7 Å². The van der Waals surface area contributed by atoms with Crippen molar-refractivity contribution in [1.29, 1.82) is 0 Å². The SMILES string of the molecule is O=S(=O)(O)C1C=c2scnc2=CC1. The summed E-state index contributed by atoms with van der Waals surface area (Å²) < 4.78 is 31.2. The van der Waals surface area contributed by atoms with Crippen molar-refractivity contribution in [2.75, 3.05) is 0 Å². The van der Waals surface area contributed by atoms with E-state index in [0.717, 1.165) is 9.88 Å². The second kappa shape index (κ2) is 2.90. The summed E-state index contributed by atoms with van der Waals surface area (Å²) in [5.41, 5.74) is 1.66. The molecule has 1 atom stereocenters. The van der Waals surface area contributed by atoms with Crippen molar-refractivity contribution in [3.05, 3.63) is 15.4 Å². The van der Waals surface area contributed by atoms with Crippen LogP contribution in [0.15, 0.2) is 5.51 Å². The van der Waals surface area contributed by atoms with E-state index in [1.807, 2.05) is 0 Å². The van der Waals surface area contributed by atoms with Gasteiger partial charge in [-0.2, -0.15) is 8.42 Å². The van der Waals surface area contributed by atoms with Gasteiger partial charge in [-0.1, -0.05) is 6.08 Å². The fourth-order valence-electron chi connectivity index (χ4n) is 1.21. The van der Waals surface area contributed by atoms with Crippen LogP contribution in [0, 0.1) is 0 Å². The van der Waals surface area contributed by atoms with Crippen LogP contribution in [-0.2, 0) is 10.1 Å². The summed E-state index contributed by atoms with van der Waals surface area (Å²) in [7, 11) is -3.95. The molecule has 1 heterocycles. The van der Waals surface area contributed by atoms with Crippen LogP contribution in [0.5, 0.6) is 0 Å². The van der Waals surface area contributed by atoms with Crippen molar-refractivity contribution in [3.63, 3.8) is 0 Å². The van der Waals surface area contributed by atoms with Crippen molar-refractivity contribution in [2.24, 2.45) is 0 Å². The summed E-state index contributed by atoms with van der Waals surface area (Å²) in [5, 5.41) is 0.00495. The van der Waals surface area contributed by atoms with E-state index in [0.29, 0.717) is 6.42 Å². The van der Waals surface area contributed by atoms with Crippen molar-refractivity contribution >= 4 is 33.6 Å². The van der Waals surface area contributed by atoms with Gasteiger partial charge in [0.1, 0.15) is 5.25 Å². The third-order valence-corrected chi connectivity index (χ3v) is 3.79. The van der Waals surface area contributed by atoms with E-state index in [1.54, 1.807) is 17.7 Å². The quantitative estimate of drug-likeness (QED) is 0.636. The highest BCUT2D eigenvalue weighted by Gasteiger charge is 2.21. The molecule has 0 amide bonds. The third-order valence-electron chi connectivity index (χ3n) is 1.89. The summed E-state index contributed by atoms with van der Waals surface area (Å²) in [6, 6.07) is 0. The first-order valence-electron chi connectivity index (χ1n) is 3.65. The van der Waals surface area contributed by atoms with E-state index in [9.17, 15) is 8.42 Å². The summed E-state index contributed by atoms with van der Waals surface area (Å²) in [6.07, 6.45) is 3.57.